The molecule has 116 valence electrons. The van der Waals surface area contributed by atoms with Gasteiger partial charge in [-0.25, -0.2) is 5.21 Å². The molecule has 0 radical (unpaired) electrons. The van der Waals surface area contributed by atoms with Crippen molar-refractivity contribution in [1.82, 2.24) is 5.06 Å². The van der Waals surface area contributed by atoms with Crippen molar-refractivity contribution in [3.05, 3.63) is 40.6 Å². The number of nitrogens with zero attached hydrogens (tertiary/aromatic N) is 2. The van der Waals surface area contributed by atoms with Gasteiger partial charge in [-0.3, -0.25) is 4.74 Å². The zero-order valence-corrected chi connectivity index (χ0v) is 13.8. The van der Waals surface area contributed by atoms with Crippen LogP contribution in [-0.2, 0) is 0 Å². The molecule has 1 aliphatic heterocycles. The highest BCUT2D eigenvalue weighted by molar-refractivity contribution is 5.96. The number of benzene rings is 1. The van der Waals surface area contributed by atoms with Crippen LogP contribution in [0.5, 0.6) is 0 Å². The summed E-state index contributed by atoms with van der Waals surface area (Å²) in [5.41, 5.74) is 0.643. The third-order valence-corrected chi connectivity index (χ3v) is 5.28. The van der Waals surface area contributed by atoms with Gasteiger partial charge in [-0.1, -0.05) is 26.0 Å². The quantitative estimate of drug-likeness (QED) is 0.682. The first-order valence-corrected chi connectivity index (χ1v) is 7.58. The van der Waals surface area contributed by atoms with Gasteiger partial charge in [0.25, 0.3) is 0 Å². The van der Waals surface area contributed by atoms with E-state index in [0.717, 1.165) is 21.8 Å². The molecule has 1 atom stereocenters. The zero-order valence-electron chi connectivity index (χ0n) is 13.8. The van der Waals surface area contributed by atoms with Crippen LogP contribution < -0.4 is 0 Å². The van der Waals surface area contributed by atoms with Crippen LogP contribution in [0.4, 0.5) is 0 Å². The van der Waals surface area contributed by atoms with Gasteiger partial charge < -0.3 is 5.21 Å². The van der Waals surface area contributed by atoms with Crippen LogP contribution in [0.25, 0.3) is 0 Å². The molecule has 0 spiro atoms. The Labute approximate surface area is 127 Å². The Bertz CT molecular complexity index is 559. The molecule has 4 nitrogen and oxygen atoms in total. The van der Waals surface area contributed by atoms with Crippen LogP contribution >= 0.6 is 0 Å². The molecular formula is C17H26N2O2. The Hall–Kier alpha value is -1.55. The standard InChI is InChI=1S/C17H26N2O2/c1-7-12(2)13-8-10-14(11-9-13)15-18(20)16(3,4)17(5,6)19(15)21/h8-12,20H,7H2,1-6H3. The fourth-order valence-electron chi connectivity index (χ4n) is 2.56. The van der Waals surface area contributed by atoms with E-state index in [1.165, 1.54) is 5.56 Å². The van der Waals surface area contributed by atoms with E-state index >= 15 is 0 Å². The Kier molecular flexibility index (Phi) is 3.79. The van der Waals surface area contributed by atoms with E-state index in [1.54, 1.807) is 0 Å². The average Bonchev–Trinajstić information content (AvgIpc) is 2.57. The molecule has 1 aromatic carbocycles. The van der Waals surface area contributed by atoms with Crippen molar-refractivity contribution in [2.24, 2.45) is 0 Å². The molecule has 1 aliphatic rings. The highest BCUT2D eigenvalue weighted by atomic mass is 16.5. The Morgan fingerprint density at radius 1 is 1.19 bits per heavy atom. The molecule has 2 rings (SSSR count). The second-order valence-corrected chi connectivity index (χ2v) is 6.98. The van der Waals surface area contributed by atoms with Crippen molar-refractivity contribution in [2.75, 3.05) is 0 Å². The molecule has 0 aliphatic carbocycles. The summed E-state index contributed by atoms with van der Waals surface area (Å²) in [6.45, 7) is 11.8. The van der Waals surface area contributed by atoms with Crippen molar-refractivity contribution in [3.63, 3.8) is 0 Å². The molecule has 1 aromatic rings. The molecule has 0 saturated heterocycles. The lowest BCUT2D eigenvalue weighted by atomic mass is 9.84. The Morgan fingerprint density at radius 2 is 1.71 bits per heavy atom. The first-order chi connectivity index (χ1) is 9.64. The minimum Gasteiger partial charge on any atom is -0.714 e. The largest absolute Gasteiger partial charge is 0.714 e. The van der Waals surface area contributed by atoms with Gasteiger partial charge in [0.1, 0.15) is 5.54 Å². The molecule has 0 aromatic heterocycles. The predicted molar refractivity (Wildman–Crippen MR) is 84.7 cm³/mol. The number of amidine groups is 1. The van der Waals surface area contributed by atoms with Gasteiger partial charge in [-0.15, -0.1) is 5.06 Å². The first kappa shape index (κ1) is 15.8. The lowest BCUT2D eigenvalue weighted by Gasteiger charge is -2.33. The van der Waals surface area contributed by atoms with E-state index in [-0.39, 0.29) is 0 Å². The van der Waals surface area contributed by atoms with Crippen LogP contribution in [0.3, 0.4) is 0 Å². The van der Waals surface area contributed by atoms with Crippen molar-refractivity contribution in [3.8, 4) is 0 Å². The number of hydroxylamine groups is 3. The number of hydrogen-bond acceptors (Lipinski definition) is 3. The molecule has 0 bridgehead atoms. The van der Waals surface area contributed by atoms with Crippen LogP contribution in [0, 0.1) is 5.21 Å². The second kappa shape index (κ2) is 5.02. The summed E-state index contributed by atoms with van der Waals surface area (Å²) in [7, 11) is 0. The molecule has 1 N–H and O–H groups in total. The minimum atomic E-state index is -0.702. The molecule has 0 fully saturated rings. The van der Waals surface area contributed by atoms with E-state index in [4.69, 9.17) is 0 Å². The molecular weight excluding hydrogens is 264 g/mol. The third-order valence-electron chi connectivity index (χ3n) is 5.28. The van der Waals surface area contributed by atoms with Gasteiger partial charge in [0.2, 0.25) is 0 Å². The smallest absolute Gasteiger partial charge is 0.313 e. The maximum absolute atomic E-state index is 12.6. The van der Waals surface area contributed by atoms with Gasteiger partial charge in [-0.05, 0) is 57.7 Å². The molecule has 0 saturated carbocycles. The van der Waals surface area contributed by atoms with E-state index in [2.05, 4.69) is 13.8 Å². The summed E-state index contributed by atoms with van der Waals surface area (Å²) in [6.07, 6.45) is 1.08. The van der Waals surface area contributed by atoms with E-state index in [0.29, 0.717) is 11.8 Å². The van der Waals surface area contributed by atoms with Crippen LogP contribution in [0.15, 0.2) is 24.3 Å². The SMILES string of the molecule is CCC(C)c1ccc(C2=[N+]([O-])C(C)(C)C(C)(C)N2O)cc1. The third kappa shape index (κ3) is 2.22. The average molecular weight is 290 g/mol. The summed E-state index contributed by atoms with van der Waals surface area (Å²) in [5.74, 6) is 0.815. The van der Waals surface area contributed by atoms with Gasteiger partial charge in [-0.2, -0.15) is 0 Å². The molecule has 0 amide bonds. The fraction of sp³-hybridized carbons (Fsp3) is 0.588. The van der Waals surface area contributed by atoms with Gasteiger partial charge >= 0.3 is 5.84 Å². The normalized spacial score (nSPS) is 21.8. The summed E-state index contributed by atoms with van der Waals surface area (Å²) < 4.78 is 0.922. The highest BCUT2D eigenvalue weighted by Crippen LogP contribution is 2.37. The summed E-state index contributed by atoms with van der Waals surface area (Å²) in [4.78, 5) is 0. The van der Waals surface area contributed by atoms with Crippen LogP contribution in [0.2, 0.25) is 0 Å². The van der Waals surface area contributed by atoms with E-state index < -0.39 is 11.1 Å². The molecule has 21 heavy (non-hydrogen) atoms. The van der Waals surface area contributed by atoms with Crippen molar-refractivity contribution in [2.45, 2.75) is 65.0 Å². The Balaban J connectivity index is 2.45. The van der Waals surface area contributed by atoms with Crippen LogP contribution in [0.1, 0.15) is 65.0 Å². The first-order valence-electron chi connectivity index (χ1n) is 7.58. The summed E-state index contributed by atoms with van der Waals surface area (Å²) >= 11 is 0. The molecule has 4 heteroatoms. The summed E-state index contributed by atoms with van der Waals surface area (Å²) in [5, 5.41) is 24.2. The van der Waals surface area contributed by atoms with Gasteiger partial charge in [0.15, 0.2) is 5.54 Å². The maximum atomic E-state index is 12.6. The van der Waals surface area contributed by atoms with E-state index in [1.807, 2.05) is 52.0 Å². The van der Waals surface area contributed by atoms with Crippen molar-refractivity contribution < 1.29 is 9.95 Å². The summed E-state index contributed by atoms with van der Waals surface area (Å²) in [6, 6.07) is 7.91. The fourth-order valence-corrected chi connectivity index (χ4v) is 2.56. The van der Waals surface area contributed by atoms with Gasteiger partial charge in [0, 0.05) is 0 Å². The van der Waals surface area contributed by atoms with Gasteiger partial charge in [0.05, 0.1) is 5.56 Å². The second-order valence-electron chi connectivity index (χ2n) is 6.98. The zero-order chi connectivity index (χ0) is 16.0. The minimum absolute atomic E-state index is 0.320. The predicted octanol–water partition coefficient (Wildman–Crippen LogP) is 3.72. The molecule has 1 unspecified atom stereocenters. The molecule has 1 heterocycles. The topological polar surface area (TPSA) is 49.5 Å². The highest BCUT2D eigenvalue weighted by Gasteiger charge is 2.58. The van der Waals surface area contributed by atoms with Crippen molar-refractivity contribution in [1.29, 1.82) is 0 Å². The Morgan fingerprint density at radius 3 is 2.10 bits per heavy atom. The maximum Gasteiger partial charge on any atom is 0.313 e. The lowest BCUT2D eigenvalue weighted by molar-refractivity contribution is -0.539. The number of hydrogen-bond donors (Lipinski definition) is 1. The number of rotatable bonds is 3. The lowest BCUT2D eigenvalue weighted by Crippen LogP contribution is -2.53. The van der Waals surface area contributed by atoms with Crippen LogP contribution in [-0.4, -0.2) is 31.9 Å². The monoisotopic (exact) mass is 290 g/mol. The van der Waals surface area contributed by atoms with Crippen molar-refractivity contribution >= 4 is 5.84 Å². The van der Waals surface area contributed by atoms with E-state index in [9.17, 15) is 10.4 Å².